The molecule has 0 fully saturated rings. The molecule has 0 aliphatic rings. The molecule has 0 spiro atoms. The highest BCUT2D eigenvalue weighted by Crippen LogP contribution is 2.19. The maximum atomic E-state index is 10.6. The number of rotatable bonds is 5. The summed E-state index contributed by atoms with van der Waals surface area (Å²) in [7, 11) is 0. The third-order valence-corrected chi connectivity index (χ3v) is 2.65. The average Bonchev–Trinajstić information content (AvgIpc) is 2.90. The van der Waals surface area contributed by atoms with E-state index in [1.807, 2.05) is 19.1 Å². The molecule has 7 heteroatoms. The highest BCUT2D eigenvalue weighted by atomic mass is 16.5. The van der Waals surface area contributed by atoms with Gasteiger partial charge in [-0.15, -0.1) is 5.10 Å². The molecule has 0 bridgehead atoms. The van der Waals surface area contributed by atoms with Crippen LogP contribution in [-0.4, -0.2) is 32.7 Å². The van der Waals surface area contributed by atoms with E-state index in [0.717, 1.165) is 5.56 Å². The van der Waals surface area contributed by atoms with Crippen molar-refractivity contribution >= 4 is 5.97 Å². The van der Waals surface area contributed by atoms with E-state index < -0.39 is 5.97 Å². The monoisotopic (exact) mass is 272 g/mol. The largest absolute Gasteiger partial charge is 0.491 e. The fraction of sp³-hybridized carbons (Fsp3) is 0.231. The van der Waals surface area contributed by atoms with Crippen LogP contribution in [0.3, 0.4) is 0 Å². The van der Waals surface area contributed by atoms with Crippen LogP contribution in [-0.2, 0) is 6.54 Å². The second-order valence-electron chi connectivity index (χ2n) is 4.11. The standard InChI is InChI=1S/C13H12N4O3/c1-9-2-3-10(7-14)6-12(9)20-5-4-17-8-11(13(18)19)15-16-17/h2-3,6,8H,4-5H2,1H3,(H,18,19). The Morgan fingerprint density at radius 2 is 2.35 bits per heavy atom. The number of carboxylic acid groups (broad SMARTS) is 1. The molecule has 102 valence electrons. The fourth-order valence-corrected chi connectivity index (χ4v) is 1.58. The van der Waals surface area contributed by atoms with E-state index in [9.17, 15) is 4.79 Å². The van der Waals surface area contributed by atoms with Crippen molar-refractivity contribution in [1.82, 2.24) is 15.0 Å². The van der Waals surface area contributed by atoms with Gasteiger partial charge < -0.3 is 9.84 Å². The molecule has 1 N–H and O–H groups in total. The smallest absolute Gasteiger partial charge is 0.358 e. The molecule has 1 aromatic carbocycles. The van der Waals surface area contributed by atoms with Gasteiger partial charge in [-0.3, -0.25) is 0 Å². The van der Waals surface area contributed by atoms with Gasteiger partial charge in [0, 0.05) is 0 Å². The number of ether oxygens (including phenoxy) is 1. The quantitative estimate of drug-likeness (QED) is 0.878. The first-order chi connectivity index (χ1) is 9.60. The lowest BCUT2D eigenvalue weighted by Crippen LogP contribution is -2.09. The van der Waals surface area contributed by atoms with Crippen molar-refractivity contribution in [2.75, 3.05) is 6.61 Å². The van der Waals surface area contributed by atoms with E-state index >= 15 is 0 Å². The Bertz CT molecular complexity index is 672. The van der Waals surface area contributed by atoms with Crippen molar-refractivity contribution in [3.63, 3.8) is 0 Å². The number of nitrogens with zero attached hydrogens (tertiary/aromatic N) is 4. The van der Waals surface area contributed by atoms with E-state index in [1.165, 1.54) is 10.9 Å². The van der Waals surface area contributed by atoms with Crippen molar-refractivity contribution in [1.29, 1.82) is 5.26 Å². The number of nitriles is 1. The summed E-state index contributed by atoms with van der Waals surface area (Å²) in [5.41, 5.74) is 1.35. The summed E-state index contributed by atoms with van der Waals surface area (Å²) >= 11 is 0. The van der Waals surface area contributed by atoms with Crippen molar-refractivity contribution < 1.29 is 14.6 Å². The highest BCUT2D eigenvalue weighted by Gasteiger charge is 2.08. The maximum absolute atomic E-state index is 10.6. The lowest BCUT2D eigenvalue weighted by atomic mass is 10.1. The molecule has 2 aromatic rings. The lowest BCUT2D eigenvalue weighted by Gasteiger charge is -2.09. The summed E-state index contributed by atoms with van der Waals surface area (Å²) in [4.78, 5) is 10.6. The predicted octanol–water partition coefficient (Wildman–Crippen LogP) is 1.24. The zero-order valence-electron chi connectivity index (χ0n) is 10.8. The molecule has 0 radical (unpaired) electrons. The van der Waals surface area contributed by atoms with Gasteiger partial charge >= 0.3 is 5.97 Å². The number of hydrogen-bond donors (Lipinski definition) is 1. The summed E-state index contributed by atoms with van der Waals surface area (Å²) in [6.45, 7) is 2.56. The van der Waals surface area contributed by atoms with Gasteiger partial charge in [0.25, 0.3) is 0 Å². The van der Waals surface area contributed by atoms with Crippen LogP contribution in [0, 0.1) is 18.3 Å². The minimum atomic E-state index is -1.12. The van der Waals surface area contributed by atoms with Crippen LogP contribution in [0.25, 0.3) is 0 Å². The first-order valence-corrected chi connectivity index (χ1v) is 5.87. The molecule has 0 amide bonds. The predicted molar refractivity (Wildman–Crippen MR) is 68.4 cm³/mol. The average molecular weight is 272 g/mol. The number of carboxylic acids is 1. The third kappa shape index (κ3) is 3.11. The molecule has 20 heavy (non-hydrogen) atoms. The molecule has 0 saturated carbocycles. The maximum Gasteiger partial charge on any atom is 0.358 e. The number of aromatic carboxylic acids is 1. The number of hydrogen-bond acceptors (Lipinski definition) is 5. The molecule has 1 aromatic heterocycles. The SMILES string of the molecule is Cc1ccc(C#N)cc1OCCn1cc(C(=O)O)nn1. The van der Waals surface area contributed by atoms with Gasteiger partial charge in [-0.2, -0.15) is 5.26 Å². The van der Waals surface area contributed by atoms with Gasteiger partial charge in [-0.1, -0.05) is 11.3 Å². The fourth-order valence-electron chi connectivity index (χ4n) is 1.58. The Morgan fingerprint density at radius 1 is 1.55 bits per heavy atom. The second-order valence-corrected chi connectivity index (χ2v) is 4.11. The summed E-state index contributed by atoms with van der Waals surface area (Å²) in [6, 6.07) is 7.24. The summed E-state index contributed by atoms with van der Waals surface area (Å²) in [6.07, 6.45) is 1.34. The zero-order valence-corrected chi connectivity index (χ0v) is 10.8. The Hall–Kier alpha value is -2.88. The summed E-state index contributed by atoms with van der Waals surface area (Å²) < 4.78 is 6.96. The number of benzene rings is 1. The third-order valence-electron chi connectivity index (χ3n) is 2.65. The lowest BCUT2D eigenvalue weighted by molar-refractivity contribution is 0.0690. The topological polar surface area (TPSA) is 101 Å². The van der Waals surface area contributed by atoms with Gasteiger partial charge in [0.1, 0.15) is 12.4 Å². The van der Waals surface area contributed by atoms with Gasteiger partial charge in [-0.05, 0) is 24.6 Å². The van der Waals surface area contributed by atoms with Gasteiger partial charge in [0.15, 0.2) is 5.69 Å². The Balaban J connectivity index is 1.95. The molecular weight excluding hydrogens is 260 g/mol. The number of carbonyl (C=O) groups is 1. The van der Waals surface area contributed by atoms with Crippen LogP contribution in [0.15, 0.2) is 24.4 Å². The first-order valence-electron chi connectivity index (χ1n) is 5.87. The Labute approximate surface area is 115 Å². The molecule has 7 nitrogen and oxygen atoms in total. The van der Waals surface area contributed by atoms with Gasteiger partial charge in [0.2, 0.25) is 0 Å². The van der Waals surface area contributed by atoms with Crippen LogP contribution >= 0.6 is 0 Å². The number of aryl methyl sites for hydroxylation is 1. The van der Waals surface area contributed by atoms with Crippen molar-refractivity contribution in [2.24, 2.45) is 0 Å². The van der Waals surface area contributed by atoms with Gasteiger partial charge in [-0.25, -0.2) is 9.48 Å². The van der Waals surface area contributed by atoms with Gasteiger partial charge in [0.05, 0.1) is 24.4 Å². The molecule has 0 saturated heterocycles. The Morgan fingerprint density at radius 3 is 3.00 bits per heavy atom. The van der Waals surface area contributed by atoms with E-state index in [4.69, 9.17) is 15.1 Å². The molecule has 0 aliphatic heterocycles. The second kappa shape index (κ2) is 5.84. The zero-order chi connectivity index (χ0) is 14.5. The van der Waals surface area contributed by atoms with Crippen LogP contribution in [0.4, 0.5) is 0 Å². The van der Waals surface area contributed by atoms with Crippen LogP contribution in [0.5, 0.6) is 5.75 Å². The van der Waals surface area contributed by atoms with Crippen molar-refractivity contribution in [2.45, 2.75) is 13.5 Å². The summed E-state index contributed by atoms with van der Waals surface area (Å²) in [5, 5.41) is 24.7. The molecule has 2 rings (SSSR count). The van der Waals surface area contributed by atoms with Crippen LogP contribution < -0.4 is 4.74 Å². The minimum absolute atomic E-state index is 0.104. The van der Waals surface area contributed by atoms with Crippen LogP contribution in [0.2, 0.25) is 0 Å². The Kier molecular flexibility index (Phi) is 3.96. The molecule has 0 aliphatic carbocycles. The molecular formula is C13H12N4O3. The molecule has 0 unspecified atom stereocenters. The molecule has 0 atom stereocenters. The van der Waals surface area contributed by atoms with E-state index in [-0.39, 0.29) is 5.69 Å². The molecule has 1 heterocycles. The highest BCUT2D eigenvalue weighted by molar-refractivity contribution is 5.84. The van der Waals surface area contributed by atoms with Crippen molar-refractivity contribution in [3.05, 3.63) is 41.2 Å². The van der Waals surface area contributed by atoms with Crippen LogP contribution in [0.1, 0.15) is 21.6 Å². The van der Waals surface area contributed by atoms with E-state index in [2.05, 4.69) is 10.3 Å². The summed E-state index contributed by atoms with van der Waals surface area (Å²) in [5.74, 6) is -0.489. The number of aromatic nitrogens is 3. The minimum Gasteiger partial charge on any atom is -0.491 e. The van der Waals surface area contributed by atoms with E-state index in [1.54, 1.807) is 12.1 Å². The van der Waals surface area contributed by atoms with E-state index in [0.29, 0.717) is 24.5 Å². The van der Waals surface area contributed by atoms with Crippen molar-refractivity contribution in [3.8, 4) is 11.8 Å². The normalized spacial score (nSPS) is 10.0. The first kappa shape index (κ1) is 13.5.